The van der Waals surface area contributed by atoms with E-state index >= 15 is 0 Å². The molecule has 6 nitrogen and oxygen atoms in total. The number of likely N-dealkylation sites (tertiary alicyclic amines) is 1. The molecule has 1 atom stereocenters. The molecule has 7 heteroatoms. The van der Waals surface area contributed by atoms with Crippen molar-refractivity contribution in [2.24, 2.45) is 5.92 Å². The van der Waals surface area contributed by atoms with Crippen molar-refractivity contribution in [3.63, 3.8) is 0 Å². The number of rotatable bonds is 9. The van der Waals surface area contributed by atoms with Gasteiger partial charge in [0, 0.05) is 13.1 Å². The van der Waals surface area contributed by atoms with Crippen molar-refractivity contribution >= 4 is 6.09 Å². The van der Waals surface area contributed by atoms with Gasteiger partial charge in [-0.1, -0.05) is 42.5 Å². The van der Waals surface area contributed by atoms with Crippen molar-refractivity contribution in [3.05, 3.63) is 65.7 Å². The Labute approximate surface area is 175 Å². The van der Waals surface area contributed by atoms with E-state index in [0.717, 1.165) is 11.1 Å². The van der Waals surface area contributed by atoms with Gasteiger partial charge in [-0.15, -0.1) is 0 Å². The average molecular weight is 417 g/mol. The molecule has 0 saturated carbocycles. The molecular formula is C23H28FNO5. The first-order chi connectivity index (χ1) is 14.6. The number of amides is 1. The third-order valence-corrected chi connectivity index (χ3v) is 5.58. The third kappa shape index (κ3) is 5.09. The number of nitrogens with zero attached hydrogens (tertiary/aromatic N) is 1. The Balaban J connectivity index is 1.77. The molecule has 0 bridgehead atoms. The summed E-state index contributed by atoms with van der Waals surface area (Å²) in [6, 6.07) is 16.8. The molecule has 1 saturated heterocycles. The fraction of sp³-hybridized carbons (Fsp3) is 0.435. The van der Waals surface area contributed by atoms with E-state index in [-0.39, 0.29) is 12.5 Å². The molecule has 1 fully saturated rings. The summed E-state index contributed by atoms with van der Waals surface area (Å²) in [5, 5.41) is 21.1. The number of hydrogen-bond donors (Lipinski definition) is 2. The molecule has 30 heavy (non-hydrogen) atoms. The second-order valence-electron chi connectivity index (χ2n) is 7.35. The van der Waals surface area contributed by atoms with E-state index in [0.29, 0.717) is 44.9 Å². The van der Waals surface area contributed by atoms with Crippen LogP contribution in [0, 0.1) is 5.92 Å². The van der Waals surface area contributed by atoms with Crippen LogP contribution in [0.2, 0.25) is 0 Å². The van der Waals surface area contributed by atoms with Gasteiger partial charge in [-0.25, -0.2) is 9.18 Å². The van der Waals surface area contributed by atoms with E-state index in [1.165, 1.54) is 4.90 Å². The molecule has 2 aromatic carbocycles. The summed E-state index contributed by atoms with van der Waals surface area (Å²) in [6.45, 7) is 0.966. The van der Waals surface area contributed by atoms with Gasteiger partial charge in [0.15, 0.2) is 0 Å². The van der Waals surface area contributed by atoms with Crippen molar-refractivity contribution in [3.8, 4) is 5.75 Å². The van der Waals surface area contributed by atoms with E-state index in [2.05, 4.69) is 0 Å². The Morgan fingerprint density at radius 1 is 1.00 bits per heavy atom. The number of hydrogen-bond acceptors (Lipinski definition) is 4. The number of ether oxygens (including phenoxy) is 2. The number of carboxylic acid groups (broad SMARTS) is 1. The van der Waals surface area contributed by atoms with E-state index in [1.54, 1.807) is 12.1 Å². The molecule has 162 valence electrons. The van der Waals surface area contributed by atoms with Crippen LogP contribution in [0.1, 0.15) is 24.0 Å². The van der Waals surface area contributed by atoms with Crippen LogP contribution in [0.15, 0.2) is 54.6 Å². The fourth-order valence-electron chi connectivity index (χ4n) is 4.00. The van der Waals surface area contributed by atoms with Crippen molar-refractivity contribution in [1.29, 1.82) is 0 Å². The molecule has 0 aliphatic carbocycles. The van der Waals surface area contributed by atoms with Gasteiger partial charge in [0.1, 0.15) is 24.6 Å². The van der Waals surface area contributed by atoms with Crippen LogP contribution < -0.4 is 4.74 Å². The lowest BCUT2D eigenvalue weighted by atomic mass is 9.72. The second-order valence-corrected chi connectivity index (χ2v) is 7.35. The van der Waals surface area contributed by atoms with Crippen molar-refractivity contribution < 1.29 is 28.9 Å². The first-order valence-electron chi connectivity index (χ1n) is 10.2. The highest BCUT2D eigenvalue weighted by Crippen LogP contribution is 2.42. The predicted octanol–water partition coefficient (Wildman–Crippen LogP) is 3.68. The number of alkyl halides is 1. The summed E-state index contributed by atoms with van der Waals surface area (Å²) >= 11 is 0. The predicted molar refractivity (Wildman–Crippen MR) is 110 cm³/mol. The Bertz CT molecular complexity index is 793. The molecule has 2 aromatic rings. The van der Waals surface area contributed by atoms with Crippen molar-refractivity contribution in [2.45, 2.75) is 18.4 Å². The molecule has 1 aliphatic rings. The normalized spacial score (nSPS) is 16.8. The fourth-order valence-corrected chi connectivity index (χ4v) is 4.00. The van der Waals surface area contributed by atoms with Crippen LogP contribution in [-0.4, -0.2) is 60.8 Å². The minimum Gasteiger partial charge on any atom is -0.491 e. The molecule has 2 N–H and O–H groups in total. The largest absolute Gasteiger partial charge is 0.491 e. The summed E-state index contributed by atoms with van der Waals surface area (Å²) in [5.74, 6) is 0.523. The zero-order valence-electron chi connectivity index (χ0n) is 16.9. The Morgan fingerprint density at radius 3 is 2.23 bits per heavy atom. The maximum atomic E-state index is 12.0. The number of halogens is 1. The molecular weight excluding hydrogens is 389 g/mol. The van der Waals surface area contributed by atoms with Gasteiger partial charge in [0.05, 0.1) is 13.2 Å². The molecule has 1 heterocycles. The zero-order valence-corrected chi connectivity index (χ0v) is 16.9. The van der Waals surface area contributed by atoms with E-state index < -0.39 is 18.4 Å². The first-order valence-corrected chi connectivity index (χ1v) is 10.2. The third-order valence-electron chi connectivity index (χ3n) is 5.58. The van der Waals surface area contributed by atoms with Crippen LogP contribution in [0.4, 0.5) is 9.18 Å². The van der Waals surface area contributed by atoms with Gasteiger partial charge < -0.3 is 24.6 Å². The minimum atomic E-state index is -1.23. The smallest absolute Gasteiger partial charge is 0.407 e. The van der Waals surface area contributed by atoms with Gasteiger partial charge in [-0.3, -0.25) is 0 Å². The number of piperidine rings is 1. The average Bonchev–Trinajstić information content (AvgIpc) is 2.79. The van der Waals surface area contributed by atoms with Crippen molar-refractivity contribution in [1.82, 2.24) is 4.90 Å². The molecule has 0 aromatic heterocycles. The summed E-state index contributed by atoms with van der Waals surface area (Å²) < 4.78 is 22.7. The summed E-state index contributed by atoms with van der Waals surface area (Å²) in [6.07, 6.45) is 0.220. The van der Waals surface area contributed by atoms with Crippen molar-refractivity contribution in [2.75, 3.05) is 39.6 Å². The maximum absolute atomic E-state index is 12.0. The molecule has 1 aliphatic heterocycles. The van der Waals surface area contributed by atoms with Gasteiger partial charge in [0.25, 0.3) is 0 Å². The molecule has 0 radical (unpaired) electrons. The monoisotopic (exact) mass is 417 g/mol. The number of carbonyl (C=O) groups is 1. The van der Waals surface area contributed by atoms with Crippen LogP contribution >= 0.6 is 0 Å². The lowest BCUT2D eigenvalue weighted by Crippen LogP contribution is -2.45. The second kappa shape index (κ2) is 10.4. The molecule has 3 rings (SSSR count). The van der Waals surface area contributed by atoms with Crippen LogP contribution in [0.5, 0.6) is 5.75 Å². The highest BCUT2D eigenvalue weighted by molar-refractivity contribution is 5.65. The summed E-state index contributed by atoms with van der Waals surface area (Å²) in [7, 11) is 0. The lowest BCUT2D eigenvalue weighted by molar-refractivity contribution is -0.0121. The van der Waals surface area contributed by atoms with Crippen LogP contribution in [0.3, 0.4) is 0 Å². The van der Waals surface area contributed by atoms with Gasteiger partial charge in [0.2, 0.25) is 0 Å². The van der Waals surface area contributed by atoms with Gasteiger partial charge in [-0.05, 0) is 42.0 Å². The minimum absolute atomic E-state index is 0.0626. The van der Waals surface area contributed by atoms with E-state index in [4.69, 9.17) is 9.47 Å². The highest BCUT2D eigenvalue weighted by Gasteiger charge is 2.42. The topological polar surface area (TPSA) is 79.2 Å². The van der Waals surface area contributed by atoms with Crippen LogP contribution in [-0.2, 0) is 10.3 Å². The highest BCUT2D eigenvalue weighted by atomic mass is 19.1. The Morgan fingerprint density at radius 2 is 1.63 bits per heavy atom. The first kappa shape index (κ1) is 22.1. The molecule has 1 amide bonds. The quantitative estimate of drug-likeness (QED) is 0.609. The Kier molecular flexibility index (Phi) is 7.65. The standard InChI is InChI=1S/C23H28FNO5/c24-12-15-29-16-17-30-21-8-6-19(7-9-21)23(28,18-4-2-1-3-5-18)20-10-13-25(14-11-20)22(26)27/h1-9,20,28H,10-17H2,(H,26,27). The summed E-state index contributed by atoms with van der Waals surface area (Å²) in [4.78, 5) is 12.6. The Hall–Kier alpha value is -2.64. The maximum Gasteiger partial charge on any atom is 0.407 e. The number of aliphatic hydroxyl groups is 1. The van der Waals surface area contributed by atoms with Gasteiger partial charge in [-0.2, -0.15) is 0 Å². The SMILES string of the molecule is O=C(O)N1CCC(C(O)(c2ccccc2)c2ccc(OCCOCCF)cc2)CC1. The summed E-state index contributed by atoms with van der Waals surface area (Å²) in [5.41, 5.74) is 0.296. The molecule has 0 spiro atoms. The van der Waals surface area contributed by atoms with Crippen LogP contribution in [0.25, 0.3) is 0 Å². The van der Waals surface area contributed by atoms with E-state index in [1.807, 2.05) is 42.5 Å². The number of benzene rings is 2. The zero-order chi connectivity index (χ0) is 21.4. The lowest BCUT2D eigenvalue weighted by Gasteiger charge is -2.41. The van der Waals surface area contributed by atoms with E-state index in [9.17, 15) is 19.4 Å². The molecule has 1 unspecified atom stereocenters. The van der Waals surface area contributed by atoms with Gasteiger partial charge >= 0.3 is 6.09 Å².